The van der Waals surface area contributed by atoms with E-state index in [1.54, 1.807) is 32.4 Å². The number of aliphatic carboxylic acids is 1. The van der Waals surface area contributed by atoms with Crippen LogP contribution in [0.15, 0.2) is 0 Å². The number of hydrogen-bond donors (Lipinski definition) is 7. The standard InChI is InChI=1S/C17H31NO16S2/c1-5-6-11(8(19)7(18-35(24,25)26)15(30-6)33-17(2,3)4)31-16-13(34-36(27,28)29)10(21)9(20)12(32-16)14(22)23/h6-13,15-16,18-21H,5H2,1-4H3,(H,22,23)(H,24,25,26)(H,27,28,29)/t6?,7?,8-,9-,10+,11+,12?,13?,15+,16+/m0/s1. The molecule has 7 N–H and O–H groups in total. The average Bonchev–Trinajstić information content (AvgIpc) is 2.68. The van der Waals surface area contributed by atoms with Crippen LogP contribution in [0.5, 0.6) is 0 Å². The van der Waals surface area contributed by atoms with E-state index in [1.165, 1.54) is 0 Å². The third-order valence-electron chi connectivity index (χ3n) is 5.14. The first-order chi connectivity index (χ1) is 16.2. The Morgan fingerprint density at radius 2 is 1.53 bits per heavy atom. The molecular formula is C17H31NO16S2. The smallest absolute Gasteiger partial charge is 0.397 e. The third kappa shape index (κ3) is 8.21. The summed E-state index contributed by atoms with van der Waals surface area (Å²) < 4.78 is 92.0. The third-order valence-corrected chi connectivity index (χ3v) is 6.18. The molecule has 0 radical (unpaired) electrons. The van der Waals surface area contributed by atoms with Gasteiger partial charge in [-0.15, -0.1) is 0 Å². The van der Waals surface area contributed by atoms with Crippen LogP contribution in [0.4, 0.5) is 0 Å². The molecule has 17 nitrogen and oxygen atoms in total. The number of ether oxygens (including phenoxy) is 4. The molecule has 10 atom stereocenters. The summed E-state index contributed by atoms with van der Waals surface area (Å²) in [6.07, 6.45) is -17.1. The number of aliphatic hydroxyl groups is 3. The van der Waals surface area contributed by atoms with Crippen molar-refractivity contribution in [3.05, 3.63) is 0 Å². The Kier molecular flexibility index (Phi) is 9.82. The summed E-state index contributed by atoms with van der Waals surface area (Å²) in [5.41, 5.74) is -0.925. The quantitative estimate of drug-likeness (QED) is 0.138. The molecule has 0 aromatic carbocycles. The summed E-state index contributed by atoms with van der Waals surface area (Å²) in [5, 5.41) is 40.5. The van der Waals surface area contributed by atoms with E-state index in [0.29, 0.717) is 0 Å². The molecule has 36 heavy (non-hydrogen) atoms. The SMILES string of the molecule is CCC1O[C@H](OC(C)(C)C)C(NS(=O)(=O)O)[C@H](O)[C@@H]1O[C@@H]1OC(C(=O)O)[C@@H](O)[C@@H](O)C1OS(=O)(=O)O. The van der Waals surface area contributed by atoms with Crippen molar-refractivity contribution >= 4 is 26.7 Å². The fraction of sp³-hybridized carbons (Fsp3) is 0.941. The van der Waals surface area contributed by atoms with Crippen molar-refractivity contribution in [1.29, 1.82) is 0 Å². The van der Waals surface area contributed by atoms with Crippen molar-refractivity contribution in [2.45, 2.75) is 101 Å². The first kappa shape index (κ1) is 31.1. The van der Waals surface area contributed by atoms with Gasteiger partial charge in [-0.1, -0.05) is 6.92 Å². The van der Waals surface area contributed by atoms with Crippen molar-refractivity contribution in [1.82, 2.24) is 4.72 Å². The second-order valence-electron chi connectivity index (χ2n) is 9.12. The maximum atomic E-state index is 11.5. The van der Waals surface area contributed by atoms with E-state index in [4.69, 9.17) is 23.5 Å². The van der Waals surface area contributed by atoms with Gasteiger partial charge in [-0.3, -0.25) is 9.11 Å². The first-order valence-electron chi connectivity index (χ1n) is 10.6. The largest absolute Gasteiger partial charge is 0.479 e. The average molecular weight is 570 g/mol. The lowest BCUT2D eigenvalue weighted by molar-refractivity contribution is -0.344. The zero-order valence-electron chi connectivity index (χ0n) is 19.6. The number of carboxylic acids is 1. The van der Waals surface area contributed by atoms with Crippen LogP contribution in [0.25, 0.3) is 0 Å². The van der Waals surface area contributed by atoms with Gasteiger partial charge in [-0.05, 0) is 27.2 Å². The minimum atomic E-state index is -5.31. The number of aliphatic hydroxyl groups excluding tert-OH is 3. The summed E-state index contributed by atoms with van der Waals surface area (Å²) >= 11 is 0. The lowest BCUT2D eigenvalue weighted by Gasteiger charge is -2.48. The van der Waals surface area contributed by atoms with E-state index in [1.807, 2.05) is 0 Å². The van der Waals surface area contributed by atoms with Crippen molar-refractivity contribution in [2.24, 2.45) is 0 Å². The summed E-state index contributed by atoms with van der Waals surface area (Å²) in [4.78, 5) is 11.5. The molecule has 19 heteroatoms. The predicted molar refractivity (Wildman–Crippen MR) is 114 cm³/mol. The molecule has 0 bridgehead atoms. The molecule has 2 fully saturated rings. The summed E-state index contributed by atoms with van der Waals surface area (Å²) in [5.74, 6) is -1.78. The van der Waals surface area contributed by atoms with Crippen molar-refractivity contribution in [2.75, 3.05) is 0 Å². The Hall–Kier alpha value is -1.07. The van der Waals surface area contributed by atoms with E-state index in [2.05, 4.69) is 4.18 Å². The van der Waals surface area contributed by atoms with Crippen LogP contribution < -0.4 is 4.72 Å². The van der Waals surface area contributed by atoms with Gasteiger partial charge in [-0.2, -0.15) is 21.6 Å². The fourth-order valence-electron chi connectivity index (χ4n) is 3.71. The highest BCUT2D eigenvalue weighted by Gasteiger charge is 2.54. The molecule has 0 aliphatic carbocycles. The molecule has 2 aliphatic rings. The van der Waals surface area contributed by atoms with Gasteiger partial charge >= 0.3 is 26.7 Å². The second kappa shape index (κ2) is 11.4. The topological polar surface area (TPSA) is 265 Å². The maximum absolute atomic E-state index is 11.5. The molecule has 0 amide bonds. The van der Waals surface area contributed by atoms with Crippen LogP contribution in [0.3, 0.4) is 0 Å². The first-order valence-corrected chi connectivity index (χ1v) is 13.4. The Balaban J connectivity index is 2.45. The Morgan fingerprint density at radius 3 is 1.97 bits per heavy atom. The molecule has 2 aliphatic heterocycles. The summed E-state index contributed by atoms with van der Waals surface area (Å²) in [6.45, 7) is 6.36. The normalized spacial score (nSPS) is 38.6. The van der Waals surface area contributed by atoms with Gasteiger partial charge in [0.05, 0.1) is 11.7 Å². The zero-order chi connectivity index (χ0) is 27.8. The Bertz CT molecular complexity index is 981. The second-order valence-corrected chi connectivity index (χ2v) is 11.4. The Morgan fingerprint density at radius 1 is 0.944 bits per heavy atom. The van der Waals surface area contributed by atoms with Crippen LogP contribution in [0.2, 0.25) is 0 Å². The van der Waals surface area contributed by atoms with E-state index in [-0.39, 0.29) is 6.42 Å². The predicted octanol–water partition coefficient (Wildman–Crippen LogP) is -2.84. The lowest BCUT2D eigenvalue weighted by atomic mass is 9.94. The molecule has 2 saturated heterocycles. The van der Waals surface area contributed by atoms with Gasteiger partial charge in [-0.25, -0.2) is 8.98 Å². The number of carbonyl (C=O) groups is 1. The van der Waals surface area contributed by atoms with Gasteiger partial charge in [0.25, 0.3) is 0 Å². The van der Waals surface area contributed by atoms with E-state index in [9.17, 15) is 46.6 Å². The molecule has 0 spiro atoms. The maximum Gasteiger partial charge on any atom is 0.397 e. The number of hydrogen-bond acceptors (Lipinski definition) is 13. The summed E-state index contributed by atoms with van der Waals surface area (Å²) in [6, 6.07) is -1.71. The minimum Gasteiger partial charge on any atom is -0.479 e. The zero-order valence-corrected chi connectivity index (χ0v) is 21.2. The number of rotatable bonds is 9. The van der Waals surface area contributed by atoms with Gasteiger partial charge in [0.1, 0.15) is 30.5 Å². The molecule has 212 valence electrons. The van der Waals surface area contributed by atoms with E-state index < -0.39 is 93.6 Å². The number of carboxylic acid groups (broad SMARTS) is 1. The molecule has 2 heterocycles. The molecule has 4 unspecified atom stereocenters. The van der Waals surface area contributed by atoms with E-state index >= 15 is 0 Å². The molecule has 0 aromatic rings. The van der Waals surface area contributed by atoms with E-state index in [0.717, 1.165) is 0 Å². The molecule has 0 aromatic heterocycles. The highest BCUT2D eigenvalue weighted by atomic mass is 32.3. The molecule has 0 saturated carbocycles. The summed E-state index contributed by atoms with van der Waals surface area (Å²) in [7, 11) is -10.2. The van der Waals surface area contributed by atoms with Crippen LogP contribution in [0, 0.1) is 0 Å². The van der Waals surface area contributed by atoms with Crippen LogP contribution in [-0.4, -0.2) is 119 Å². The number of nitrogens with one attached hydrogen (secondary N) is 1. The van der Waals surface area contributed by atoms with Gasteiger partial charge < -0.3 is 39.4 Å². The van der Waals surface area contributed by atoms with Crippen LogP contribution in [0.1, 0.15) is 34.1 Å². The highest BCUT2D eigenvalue weighted by Crippen LogP contribution is 2.33. The lowest BCUT2D eigenvalue weighted by Crippen LogP contribution is -2.68. The Labute approximate surface area is 207 Å². The van der Waals surface area contributed by atoms with Crippen molar-refractivity contribution in [3.8, 4) is 0 Å². The molecule has 2 rings (SSSR count). The molecular weight excluding hydrogens is 538 g/mol. The van der Waals surface area contributed by atoms with Gasteiger partial charge in [0.15, 0.2) is 24.8 Å². The van der Waals surface area contributed by atoms with Crippen LogP contribution in [-0.2, 0) is 48.6 Å². The minimum absolute atomic E-state index is 0.0639. The monoisotopic (exact) mass is 569 g/mol. The fourth-order valence-corrected chi connectivity index (χ4v) is 4.79. The highest BCUT2D eigenvalue weighted by molar-refractivity contribution is 7.83. The van der Waals surface area contributed by atoms with Crippen molar-refractivity contribution < 1.29 is 74.3 Å². The van der Waals surface area contributed by atoms with Gasteiger partial charge in [0, 0.05) is 0 Å². The van der Waals surface area contributed by atoms with Gasteiger partial charge in [0.2, 0.25) is 0 Å². The van der Waals surface area contributed by atoms with Crippen molar-refractivity contribution in [3.63, 3.8) is 0 Å². The van der Waals surface area contributed by atoms with Crippen LogP contribution >= 0.6 is 0 Å².